The molecule has 0 aliphatic carbocycles. The van der Waals surface area contributed by atoms with E-state index in [9.17, 15) is 4.79 Å². The fraction of sp³-hybridized carbons (Fsp3) is 0.400. The minimum absolute atomic E-state index is 0.0216. The lowest BCUT2D eigenvalue weighted by molar-refractivity contribution is -0.109. The molecule has 0 saturated heterocycles. The van der Waals surface area contributed by atoms with Gasteiger partial charge in [-0.15, -0.1) is 0 Å². The molecule has 1 nitrogen and oxygen atoms in total. The molecule has 0 amide bonds. The maximum atomic E-state index is 10.4. The monoisotopic (exact) mass is 218 g/mol. The van der Waals surface area contributed by atoms with Gasteiger partial charge in [-0.05, 0) is 26.2 Å². The zero-order valence-corrected chi connectivity index (χ0v) is 10.4. The minimum Gasteiger partial charge on any atom is -0.303 e. The average Bonchev–Trinajstić information content (AvgIpc) is 2.28. The van der Waals surface area contributed by atoms with Crippen LogP contribution in [-0.2, 0) is 4.79 Å². The highest BCUT2D eigenvalue weighted by atomic mass is 16.1. The summed E-state index contributed by atoms with van der Waals surface area (Å²) in [5.41, 5.74) is 2.40. The van der Waals surface area contributed by atoms with Crippen molar-refractivity contribution < 1.29 is 4.79 Å². The highest BCUT2D eigenvalue weighted by Gasteiger charge is 1.92. The van der Waals surface area contributed by atoms with Crippen LogP contribution >= 0.6 is 0 Å². The van der Waals surface area contributed by atoms with Crippen molar-refractivity contribution in [1.82, 2.24) is 0 Å². The van der Waals surface area contributed by atoms with Crippen LogP contribution in [0.5, 0.6) is 0 Å². The summed E-state index contributed by atoms with van der Waals surface area (Å²) in [5, 5.41) is 0. The molecule has 0 aliphatic rings. The third kappa shape index (κ3) is 7.98. The first-order chi connectivity index (χ1) is 7.60. The van der Waals surface area contributed by atoms with Crippen molar-refractivity contribution in [3.63, 3.8) is 0 Å². The van der Waals surface area contributed by atoms with Gasteiger partial charge in [0.2, 0.25) is 0 Å². The second kappa shape index (κ2) is 8.90. The molecule has 0 aromatic heterocycles. The summed E-state index contributed by atoms with van der Waals surface area (Å²) in [6, 6.07) is 0. The maximum absolute atomic E-state index is 10.4. The van der Waals surface area contributed by atoms with Gasteiger partial charge in [0, 0.05) is 5.92 Å². The molecule has 1 atom stereocenters. The number of allylic oxidation sites excluding steroid dienone is 6. The SMILES string of the molecule is C=CC(=C)CCC=C(C)CC=CC(C)C=O. The maximum Gasteiger partial charge on any atom is 0.126 e. The van der Waals surface area contributed by atoms with E-state index in [1.807, 2.05) is 19.1 Å². The van der Waals surface area contributed by atoms with Gasteiger partial charge in [-0.2, -0.15) is 0 Å². The Morgan fingerprint density at radius 1 is 1.44 bits per heavy atom. The van der Waals surface area contributed by atoms with Crippen LogP contribution < -0.4 is 0 Å². The van der Waals surface area contributed by atoms with E-state index in [1.165, 1.54) is 5.57 Å². The Hall–Kier alpha value is -1.37. The normalized spacial score (nSPS) is 13.8. The van der Waals surface area contributed by atoms with Gasteiger partial charge in [0.15, 0.2) is 0 Å². The number of hydrogen-bond acceptors (Lipinski definition) is 1. The zero-order valence-electron chi connectivity index (χ0n) is 10.4. The van der Waals surface area contributed by atoms with Crippen LogP contribution in [0.2, 0.25) is 0 Å². The van der Waals surface area contributed by atoms with Gasteiger partial charge < -0.3 is 4.79 Å². The number of aldehydes is 1. The van der Waals surface area contributed by atoms with Crippen LogP contribution in [0.25, 0.3) is 0 Å². The molecule has 0 fully saturated rings. The summed E-state index contributed by atoms with van der Waals surface area (Å²) >= 11 is 0. The predicted octanol–water partition coefficient (Wildman–Crippen LogP) is 4.24. The van der Waals surface area contributed by atoms with Crippen LogP contribution in [-0.4, -0.2) is 6.29 Å². The Bertz CT molecular complexity index is 295. The van der Waals surface area contributed by atoms with Gasteiger partial charge in [-0.3, -0.25) is 0 Å². The summed E-state index contributed by atoms with van der Waals surface area (Å²) in [6.45, 7) is 11.5. The van der Waals surface area contributed by atoms with Crippen molar-refractivity contribution >= 4 is 6.29 Å². The van der Waals surface area contributed by atoms with Crippen molar-refractivity contribution in [2.75, 3.05) is 0 Å². The van der Waals surface area contributed by atoms with Gasteiger partial charge in [-0.25, -0.2) is 0 Å². The standard InChI is InChI=1S/C15H22O/c1-5-13(2)8-6-9-14(3)10-7-11-15(4)12-16/h5,7,9,11-12,15H,1-2,6,8,10H2,3-4H3. The van der Waals surface area contributed by atoms with Crippen LogP contribution in [0.15, 0.2) is 48.6 Å². The number of rotatable bonds is 8. The second-order valence-corrected chi connectivity index (χ2v) is 4.08. The predicted molar refractivity (Wildman–Crippen MR) is 71.3 cm³/mol. The molecule has 0 rings (SSSR count). The van der Waals surface area contributed by atoms with Crippen LogP contribution in [0.3, 0.4) is 0 Å². The highest BCUT2D eigenvalue weighted by molar-refractivity contribution is 5.55. The molecule has 1 unspecified atom stereocenters. The molecule has 0 aromatic carbocycles. The van der Waals surface area contributed by atoms with E-state index in [0.717, 1.165) is 31.1 Å². The molecule has 0 saturated carbocycles. The van der Waals surface area contributed by atoms with E-state index in [4.69, 9.17) is 0 Å². The molecule has 0 heterocycles. The number of carbonyl (C=O) groups is 1. The first kappa shape index (κ1) is 14.6. The van der Waals surface area contributed by atoms with Gasteiger partial charge in [0.25, 0.3) is 0 Å². The first-order valence-corrected chi connectivity index (χ1v) is 5.68. The Kier molecular flexibility index (Phi) is 8.14. The third-order valence-electron chi connectivity index (χ3n) is 2.34. The summed E-state index contributed by atoms with van der Waals surface area (Å²) in [6.07, 6.45) is 11.8. The first-order valence-electron chi connectivity index (χ1n) is 5.68. The van der Waals surface area contributed by atoms with Gasteiger partial charge >= 0.3 is 0 Å². The lowest BCUT2D eigenvalue weighted by atomic mass is 10.1. The lowest BCUT2D eigenvalue weighted by Crippen LogP contribution is -1.88. The molecule has 0 radical (unpaired) electrons. The lowest BCUT2D eigenvalue weighted by Gasteiger charge is -1.98. The molecule has 0 aromatic rings. The van der Waals surface area contributed by atoms with Crippen LogP contribution in [0, 0.1) is 5.92 Å². The average molecular weight is 218 g/mol. The van der Waals surface area contributed by atoms with E-state index in [2.05, 4.69) is 26.2 Å². The molecule has 0 aliphatic heterocycles. The second-order valence-electron chi connectivity index (χ2n) is 4.08. The van der Waals surface area contributed by atoms with Gasteiger partial charge in [0.05, 0.1) is 0 Å². The number of carbonyl (C=O) groups excluding carboxylic acids is 1. The van der Waals surface area contributed by atoms with E-state index in [1.54, 1.807) is 6.08 Å². The largest absolute Gasteiger partial charge is 0.303 e. The molecule has 0 bridgehead atoms. The molecule has 0 spiro atoms. The topological polar surface area (TPSA) is 17.1 Å². The van der Waals surface area contributed by atoms with Crippen molar-refractivity contribution in [1.29, 1.82) is 0 Å². The van der Waals surface area contributed by atoms with Crippen molar-refractivity contribution in [2.24, 2.45) is 5.92 Å². The Morgan fingerprint density at radius 3 is 2.69 bits per heavy atom. The third-order valence-corrected chi connectivity index (χ3v) is 2.34. The Labute approximate surface area is 99.3 Å². The van der Waals surface area contributed by atoms with Crippen molar-refractivity contribution in [3.05, 3.63) is 48.6 Å². The highest BCUT2D eigenvalue weighted by Crippen LogP contribution is 2.09. The smallest absolute Gasteiger partial charge is 0.126 e. The fourth-order valence-electron chi connectivity index (χ4n) is 1.20. The molecule has 16 heavy (non-hydrogen) atoms. The Balaban J connectivity index is 3.87. The summed E-state index contributed by atoms with van der Waals surface area (Å²) in [5.74, 6) is 0.0216. The summed E-state index contributed by atoms with van der Waals surface area (Å²) in [4.78, 5) is 10.4. The minimum atomic E-state index is 0.0216. The summed E-state index contributed by atoms with van der Waals surface area (Å²) in [7, 11) is 0. The van der Waals surface area contributed by atoms with E-state index >= 15 is 0 Å². The molecule has 88 valence electrons. The van der Waals surface area contributed by atoms with Gasteiger partial charge in [0.1, 0.15) is 6.29 Å². The van der Waals surface area contributed by atoms with Crippen LogP contribution in [0.4, 0.5) is 0 Å². The number of hydrogen-bond donors (Lipinski definition) is 0. The van der Waals surface area contributed by atoms with Crippen LogP contribution in [0.1, 0.15) is 33.1 Å². The van der Waals surface area contributed by atoms with E-state index in [-0.39, 0.29) is 5.92 Å². The summed E-state index contributed by atoms with van der Waals surface area (Å²) < 4.78 is 0. The molecular formula is C15H22O. The molecular weight excluding hydrogens is 196 g/mol. The van der Waals surface area contributed by atoms with Crippen molar-refractivity contribution in [3.8, 4) is 0 Å². The van der Waals surface area contributed by atoms with E-state index in [0.29, 0.717) is 0 Å². The molecule has 1 heteroatoms. The van der Waals surface area contributed by atoms with Crippen molar-refractivity contribution in [2.45, 2.75) is 33.1 Å². The fourth-order valence-corrected chi connectivity index (χ4v) is 1.20. The van der Waals surface area contributed by atoms with Gasteiger partial charge in [-0.1, -0.05) is 55.5 Å². The zero-order chi connectivity index (χ0) is 12.4. The quantitative estimate of drug-likeness (QED) is 0.338. The molecule has 0 N–H and O–H groups in total. The van der Waals surface area contributed by atoms with E-state index < -0.39 is 0 Å². The Morgan fingerprint density at radius 2 is 2.12 bits per heavy atom.